The highest BCUT2D eigenvalue weighted by Crippen LogP contribution is 2.07. The van der Waals surface area contributed by atoms with Gasteiger partial charge in [-0.25, -0.2) is 12.7 Å². The van der Waals surface area contributed by atoms with Crippen LogP contribution in [0, 0.1) is 11.8 Å². The summed E-state index contributed by atoms with van der Waals surface area (Å²) in [6.45, 7) is 28.5. The van der Waals surface area contributed by atoms with Crippen molar-refractivity contribution in [3.63, 3.8) is 0 Å². The first-order chi connectivity index (χ1) is 18.5. The van der Waals surface area contributed by atoms with Crippen molar-refractivity contribution in [3.05, 3.63) is 0 Å². The molecule has 0 aromatic heterocycles. The summed E-state index contributed by atoms with van der Waals surface area (Å²) in [5.41, 5.74) is 0. The second kappa shape index (κ2) is 30.2. The van der Waals surface area contributed by atoms with Crippen LogP contribution in [0.3, 0.4) is 0 Å². The molecule has 1 fully saturated rings. The number of hydrogen-bond donors (Lipinski definition) is 2. The fourth-order valence-electron chi connectivity index (χ4n) is 3.38. The van der Waals surface area contributed by atoms with Crippen molar-refractivity contribution in [1.82, 2.24) is 19.8 Å². The number of carbonyl (C=O) groups excluding carboxylic acids is 1. The number of rotatable bonds is 17. The summed E-state index contributed by atoms with van der Waals surface area (Å²) in [5.74, 6) is 0.0192. The zero-order chi connectivity index (χ0) is 30.5. The molecule has 242 valence electrons. The van der Waals surface area contributed by atoms with E-state index >= 15 is 0 Å². The van der Waals surface area contributed by atoms with Gasteiger partial charge in [-0.1, -0.05) is 75.2 Å². The molecule has 1 amide bonds. The zero-order valence-electron chi connectivity index (χ0n) is 27.3. The van der Waals surface area contributed by atoms with Gasteiger partial charge in [0.15, 0.2) is 0 Å². The first-order valence-corrected chi connectivity index (χ1v) is 16.9. The third-order valence-corrected chi connectivity index (χ3v) is 7.34. The van der Waals surface area contributed by atoms with Gasteiger partial charge in [0.25, 0.3) is 0 Å². The fraction of sp³-hybridized carbons (Fsp3) is 0.966. The highest BCUT2D eigenvalue weighted by molar-refractivity contribution is 7.89. The monoisotopic (exact) mass is 587 g/mol. The molecule has 0 atom stereocenters. The second-order valence-corrected chi connectivity index (χ2v) is 12.1. The minimum Gasteiger partial charge on any atom is -0.380 e. The first kappa shape index (κ1) is 42.7. The van der Waals surface area contributed by atoms with E-state index in [1.54, 1.807) is 13.8 Å². The molecule has 0 aromatic rings. The molecule has 1 aliphatic rings. The highest BCUT2D eigenvalue weighted by Gasteiger charge is 2.24. The minimum atomic E-state index is -3.51. The number of sulfonamides is 1. The third kappa shape index (κ3) is 28.5. The molecule has 2 N–H and O–H groups in total. The van der Waals surface area contributed by atoms with Crippen LogP contribution in [0.2, 0.25) is 0 Å². The summed E-state index contributed by atoms with van der Waals surface area (Å²) in [4.78, 5) is 14.1. The molecule has 0 aliphatic carbocycles. The smallest absolute Gasteiger partial charge is 0.238 e. The van der Waals surface area contributed by atoms with Gasteiger partial charge in [0.05, 0.1) is 25.6 Å². The van der Waals surface area contributed by atoms with Gasteiger partial charge in [-0.3, -0.25) is 9.69 Å². The van der Waals surface area contributed by atoms with Crippen molar-refractivity contribution in [3.8, 4) is 0 Å². The van der Waals surface area contributed by atoms with Crippen LogP contribution in [-0.2, 0) is 24.3 Å². The van der Waals surface area contributed by atoms with E-state index in [2.05, 4.69) is 43.2 Å². The van der Waals surface area contributed by atoms with E-state index < -0.39 is 10.0 Å². The van der Waals surface area contributed by atoms with E-state index in [4.69, 9.17) is 9.47 Å². The molecule has 10 heteroatoms. The van der Waals surface area contributed by atoms with Gasteiger partial charge in [0.1, 0.15) is 0 Å². The standard InChI is InChI=1S/C12H26N2O4S.C8H17NO.C7H17N.C2H6.2H2/c1-5-13-7-9-18-8-6-10-19(16,17)14(4)12(15)11(2)3;1-8(2)7-9-3-5-10-6-4-9;1-3-5-6-7-8-4-2;1-2;;/h11,13H,5-10H2,1-4H3;8H,3-7H2,1-2H3;8H,3-7H2,1-2H3;1-2H3;2*1H. The molecule has 1 rings (SSSR count). The predicted molar refractivity (Wildman–Crippen MR) is 171 cm³/mol. The number of nitrogens with zero attached hydrogens (tertiary/aromatic N) is 2. The summed E-state index contributed by atoms with van der Waals surface area (Å²) in [7, 11) is -2.20. The Hall–Kier alpha value is -0.780. The van der Waals surface area contributed by atoms with Gasteiger partial charge in [0, 0.05) is 48.6 Å². The number of likely N-dealkylation sites (N-methyl/N-ethyl adjacent to an activating group) is 1. The Bertz CT molecular complexity index is 618. The maximum atomic E-state index is 11.8. The average molecular weight is 587 g/mol. The molecule has 1 heterocycles. The van der Waals surface area contributed by atoms with Gasteiger partial charge in [-0.2, -0.15) is 0 Å². The van der Waals surface area contributed by atoms with Gasteiger partial charge < -0.3 is 20.1 Å². The van der Waals surface area contributed by atoms with E-state index in [9.17, 15) is 13.2 Å². The molecular formula is C29H70N4O5S. The first-order valence-electron chi connectivity index (χ1n) is 15.3. The van der Waals surface area contributed by atoms with Gasteiger partial charge >= 0.3 is 0 Å². The Kier molecular flexibility index (Phi) is 33.0. The van der Waals surface area contributed by atoms with Crippen molar-refractivity contribution >= 4 is 15.9 Å². The maximum absolute atomic E-state index is 11.8. The molecule has 0 saturated carbocycles. The van der Waals surface area contributed by atoms with Crippen molar-refractivity contribution in [2.45, 2.75) is 88.0 Å². The lowest BCUT2D eigenvalue weighted by molar-refractivity contribution is -0.128. The molecule has 39 heavy (non-hydrogen) atoms. The second-order valence-electron chi connectivity index (χ2n) is 9.96. The fourth-order valence-corrected chi connectivity index (χ4v) is 4.62. The van der Waals surface area contributed by atoms with Crippen LogP contribution in [0.15, 0.2) is 0 Å². The summed E-state index contributed by atoms with van der Waals surface area (Å²) in [6, 6.07) is 0. The van der Waals surface area contributed by atoms with Crippen LogP contribution < -0.4 is 10.6 Å². The largest absolute Gasteiger partial charge is 0.380 e. The maximum Gasteiger partial charge on any atom is 0.238 e. The molecule has 0 aromatic carbocycles. The molecule has 0 radical (unpaired) electrons. The lowest BCUT2D eigenvalue weighted by atomic mass is 10.2. The van der Waals surface area contributed by atoms with Crippen molar-refractivity contribution in [1.29, 1.82) is 0 Å². The Morgan fingerprint density at radius 3 is 2.00 bits per heavy atom. The van der Waals surface area contributed by atoms with Crippen LogP contribution in [0.4, 0.5) is 0 Å². The van der Waals surface area contributed by atoms with Crippen LogP contribution in [0.5, 0.6) is 0 Å². The third-order valence-electron chi connectivity index (χ3n) is 5.52. The van der Waals surface area contributed by atoms with E-state index in [0.29, 0.717) is 19.6 Å². The lowest BCUT2D eigenvalue weighted by Crippen LogP contribution is -2.38. The number of carbonyl (C=O) groups is 1. The molecular weight excluding hydrogens is 516 g/mol. The van der Waals surface area contributed by atoms with E-state index in [1.165, 1.54) is 39.4 Å². The number of morpholine rings is 1. The van der Waals surface area contributed by atoms with E-state index in [0.717, 1.165) is 56.2 Å². The topological polar surface area (TPSA) is 100 Å². The normalized spacial score (nSPS) is 13.5. The lowest BCUT2D eigenvalue weighted by Gasteiger charge is -2.27. The molecule has 0 unspecified atom stereocenters. The van der Waals surface area contributed by atoms with Crippen LogP contribution >= 0.6 is 0 Å². The number of hydrogen-bond acceptors (Lipinski definition) is 8. The highest BCUT2D eigenvalue weighted by atomic mass is 32.2. The van der Waals surface area contributed by atoms with Crippen LogP contribution in [-0.4, -0.2) is 109 Å². The molecule has 0 bridgehead atoms. The number of nitrogens with one attached hydrogen (secondary N) is 2. The van der Waals surface area contributed by atoms with Crippen LogP contribution in [0.1, 0.15) is 90.9 Å². The summed E-state index contributed by atoms with van der Waals surface area (Å²) in [6.07, 6.45) is 4.42. The van der Waals surface area contributed by atoms with Crippen molar-refractivity contribution < 1.29 is 25.5 Å². The predicted octanol–water partition coefficient (Wildman–Crippen LogP) is 4.73. The SMILES string of the molecule is CC.CC(C)CN1CCOCC1.CCCCCNCC.CCNCCOCCCS(=O)(=O)N(C)C(=O)C(C)C.[HH].[HH]. The zero-order valence-corrected chi connectivity index (χ0v) is 28.1. The van der Waals surface area contributed by atoms with Gasteiger partial charge in [-0.05, 0) is 38.4 Å². The Balaban J connectivity index is -0.000000165. The minimum absolute atomic E-state index is 0. The Morgan fingerprint density at radius 1 is 0.949 bits per heavy atom. The number of amides is 1. The molecule has 1 aliphatic heterocycles. The van der Waals surface area contributed by atoms with Crippen molar-refractivity contribution in [2.24, 2.45) is 11.8 Å². The summed E-state index contributed by atoms with van der Waals surface area (Å²) < 4.78 is 35.1. The quantitative estimate of drug-likeness (QED) is 0.236. The Morgan fingerprint density at radius 2 is 1.51 bits per heavy atom. The molecule has 9 nitrogen and oxygen atoms in total. The van der Waals surface area contributed by atoms with Gasteiger partial charge in [0.2, 0.25) is 15.9 Å². The Labute approximate surface area is 246 Å². The number of unbranched alkanes of at least 4 members (excludes halogenated alkanes) is 2. The molecule has 1 saturated heterocycles. The summed E-state index contributed by atoms with van der Waals surface area (Å²) in [5, 5.41) is 6.39. The summed E-state index contributed by atoms with van der Waals surface area (Å²) >= 11 is 0. The van der Waals surface area contributed by atoms with E-state index in [-0.39, 0.29) is 20.4 Å². The van der Waals surface area contributed by atoms with E-state index in [1.807, 2.05) is 20.8 Å². The van der Waals surface area contributed by atoms with Crippen LogP contribution in [0.25, 0.3) is 0 Å². The molecule has 0 spiro atoms. The van der Waals surface area contributed by atoms with Crippen molar-refractivity contribution in [2.75, 3.05) is 85.0 Å². The number of ether oxygens (including phenoxy) is 2. The van der Waals surface area contributed by atoms with Gasteiger partial charge in [-0.15, -0.1) is 0 Å². The average Bonchev–Trinajstić information content (AvgIpc) is 2.92.